The average molecular weight is 266 g/mol. The minimum Gasteiger partial charge on any atom is -0.465 e. The molecule has 0 fully saturated rings. The highest BCUT2D eigenvalue weighted by atomic mass is 32.2. The second-order valence-corrected chi connectivity index (χ2v) is 5.86. The molecular weight excluding hydrogens is 244 g/mol. The first kappa shape index (κ1) is 15.1. The van der Waals surface area contributed by atoms with Gasteiger partial charge < -0.3 is 4.74 Å². The maximum atomic E-state index is 11.9. The lowest BCUT2D eigenvalue weighted by Crippen LogP contribution is -2.22. The Morgan fingerprint density at radius 2 is 1.94 bits per heavy atom. The zero-order valence-corrected chi connectivity index (χ0v) is 12.2. The Hall–Kier alpha value is -0.960. The van der Waals surface area contributed by atoms with Crippen LogP contribution in [-0.4, -0.2) is 17.8 Å². The molecule has 1 atom stereocenters. The molecule has 0 saturated carbocycles. The van der Waals surface area contributed by atoms with Crippen LogP contribution in [0.5, 0.6) is 0 Å². The molecule has 0 aromatic heterocycles. The molecule has 1 rings (SSSR count). The first-order valence-electron chi connectivity index (χ1n) is 6.45. The third-order valence-corrected chi connectivity index (χ3v) is 3.82. The van der Waals surface area contributed by atoms with Crippen LogP contribution in [0.25, 0.3) is 0 Å². The summed E-state index contributed by atoms with van der Waals surface area (Å²) in [6, 6.07) is 10.2. The largest absolute Gasteiger partial charge is 0.465 e. The van der Waals surface area contributed by atoms with Gasteiger partial charge in [0, 0.05) is 5.75 Å². The number of carbonyl (C=O) groups excluding carboxylic acids is 1. The predicted octanol–water partition coefficient (Wildman–Crippen LogP) is 3.90. The lowest BCUT2D eigenvalue weighted by molar-refractivity contribution is -0.142. The molecule has 2 nitrogen and oxygen atoms in total. The SMILES string of the molecule is CCOC(=O)C(CC(C)C)SCc1ccccc1. The predicted molar refractivity (Wildman–Crippen MR) is 77.6 cm³/mol. The van der Waals surface area contributed by atoms with Crippen LogP contribution in [0.1, 0.15) is 32.8 Å². The Morgan fingerprint density at radius 1 is 1.28 bits per heavy atom. The van der Waals surface area contributed by atoms with Gasteiger partial charge in [-0.15, -0.1) is 11.8 Å². The summed E-state index contributed by atoms with van der Waals surface area (Å²) >= 11 is 1.68. The molecule has 0 aliphatic heterocycles. The van der Waals surface area contributed by atoms with Crippen molar-refractivity contribution >= 4 is 17.7 Å². The van der Waals surface area contributed by atoms with E-state index in [0.29, 0.717) is 12.5 Å². The Morgan fingerprint density at radius 3 is 2.50 bits per heavy atom. The fourth-order valence-corrected chi connectivity index (χ4v) is 2.98. The lowest BCUT2D eigenvalue weighted by atomic mass is 10.1. The summed E-state index contributed by atoms with van der Waals surface area (Å²) in [5.41, 5.74) is 1.25. The number of hydrogen-bond acceptors (Lipinski definition) is 3. The molecule has 18 heavy (non-hydrogen) atoms. The number of thioether (sulfide) groups is 1. The van der Waals surface area contributed by atoms with E-state index in [4.69, 9.17) is 4.74 Å². The van der Waals surface area contributed by atoms with Gasteiger partial charge in [0.1, 0.15) is 5.25 Å². The molecular formula is C15H22O2S. The zero-order valence-electron chi connectivity index (χ0n) is 11.4. The van der Waals surface area contributed by atoms with Gasteiger partial charge in [-0.3, -0.25) is 4.79 Å². The summed E-state index contributed by atoms with van der Waals surface area (Å²) in [4.78, 5) is 11.9. The first-order valence-corrected chi connectivity index (χ1v) is 7.50. The molecule has 1 aromatic rings. The van der Waals surface area contributed by atoms with Crippen molar-refractivity contribution < 1.29 is 9.53 Å². The van der Waals surface area contributed by atoms with Gasteiger partial charge in [-0.2, -0.15) is 0 Å². The van der Waals surface area contributed by atoms with Crippen molar-refractivity contribution in [3.8, 4) is 0 Å². The van der Waals surface area contributed by atoms with Crippen LogP contribution in [0, 0.1) is 5.92 Å². The third-order valence-electron chi connectivity index (χ3n) is 2.53. The van der Waals surface area contributed by atoms with Gasteiger partial charge in [0.25, 0.3) is 0 Å². The molecule has 0 aliphatic rings. The van der Waals surface area contributed by atoms with Crippen LogP contribution in [0.3, 0.4) is 0 Å². The molecule has 1 unspecified atom stereocenters. The first-order chi connectivity index (χ1) is 8.63. The van der Waals surface area contributed by atoms with Gasteiger partial charge in [0.2, 0.25) is 0 Å². The van der Waals surface area contributed by atoms with Gasteiger partial charge in [-0.05, 0) is 24.8 Å². The molecule has 100 valence electrons. The monoisotopic (exact) mass is 266 g/mol. The summed E-state index contributed by atoms with van der Waals surface area (Å²) in [6.07, 6.45) is 0.871. The standard InChI is InChI=1S/C15H22O2S/c1-4-17-15(16)14(10-12(2)3)18-11-13-8-6-5-7-9-13/h5-9,12,14H,4,10-11H2,1-3H3. The van der Waals surface area contributed by atoms with Crippen LogP contribution < -0.4 is 0 Å². The Labute approximate surface area is 114 Å². The number of hydrogen-bond donors (Lipinski definition) is 0. The van der Waals surface area contributed by atoms with E-state index in [1.54, 1.807) is 11.8 Å². The number of ether oxygens (including phenoxy) is 1. The summed E-state index contributed by atoms with van der Waals surface area (Å²) in [5.74, 6) is 1.28. The zero-order chi connectivity index (χ0) is 13.4. The van der Waals surface area contributed by atoms with Crippen LogP contribution >= 0.6 is 11.8 Å². The molecule has 0 bridgehead atoms. The van der Waals surface area contributed by atoms with Gasteiger partial charge in [0.05, 0.1) is 6.61 Å². The van der Waals surface area contributed by atoms with Crippen molar-refractivity contribution in [2.75, 3.05) is 6.61 Å². The van der Waals surface area contributed by atoms with Crippen LogP contribution in [-0.2, 0) is 15.3 Å². The number of carbonyl (C=O) groups is 1. The minimum atomic E-state index is -0.0767. The fraction of sp³-hybridized carbons (Fsp3) is 0.533. The Kier molecular flexibility index (Phi) is 6.88. The van der Waals surface area contributed by atoms with Gasteiger partial charge in [-0.1, -0.05) is 44.2 Å². The van der Waals surface area contributed by atoms with Crippen LogP contribution in [0.15, 0.2) is 30.3 Å². The molecule has 3 heteroatoms. The molecule has 0 heterocycles. The molecule has 0 N–H and O–H groups in total. The maximum absolute atomic E-state index is 11.9. The van der Waals surface area contributed by atoms with Crippen molar-refractivity contribution in [1.82, 2.24) is 0 Å². The van der Waals surface area contributed by atoms with E-state index in [1.807, 2.05) is 25.1 Å². The third kappa shape index (κ3) is 5.58. The van der Waals surface area contributed by atoms with Gasteiger partial charge in [0.15, 0.2) is 0 Å². The van der Waals surface area contributed by atoms with E-state index in [1.165, 1.54) is 5.56 Å². The van der Waals surface area contributed by atoms with E-state index in [2.05, 4.69) is 26.0 Å². The molecule has 0 radical (unpaired) electrons. The maximum Gasteiger partial charge on any atom is 0.319 e. The molecule has 0 amide bonds. The van der Waals surface area contributed by atoms with Gasteiger partial charge >= 0.3 is 5.97 Å². The molecule has 1 aromatic carbocycles. The highest BCUT2D eigenvalue weighted by Gasteiger charge is 2.21. The fourth-order valence-electron chi connectivity index (χ4n) is 1.67. The molecule has 0 saturated heterocycles. The second-order valence-electron chi connectivity index (χ2n) is 4.67. The average Bonchev–Trinajstić information content (AvgIpc) is 2.35. The van der Waals surface area contributed by atoms with Crippen molar-refractivity contribution in [1.29, 1.82) is 0 Å². The number of esters is 1. The van der Waals surface area contributed by atoms with Crippen molar-refractivity contribution in [3.05, 3.63) is 35.9 Å². The summed E-state index contributed by atoms with van der Waals surface area (Å²) < 4.78 is 5.13. The summed E-state index contributed by atoms with van der Waals surface area (Å²) in [7, 11) is 0. The normalized spacial score (nSPS) is 12.4. The smallest absolute Gasteiger partial charge is 0.319 e. The topological polar surface area (TPSA) is 26.3 Å². The van der Waals surface area contributed by atoms with Crippen molar-refractivity contribution in [2.24, 2.45) is 5.92 Å². The van der Waals surface area contributed by atoms with Crippen molar-refractivity contribution in [3.63, 3.8) is 0 Å². The quantitative estimate of drug-likeness (QED) is 0.700. The van der Waals surface area contributed by atoms with E-state index in [0.717, 1.165) is 12.2 Å². The van der Waals surface area contributed by atoms with Crippen LogP contribution in [0.2, 0.25) is 0 Å². The van der Waals surface area contributed by atoms with E-state index >= 15 is 0 Å². The van der Waals surface area contributed by atoms with E-state index in [9.17, 15) is 4.79 Å². The van der Waals surface area contributed by atoms with E-state index in [-0.39, 0.29) is 11.2 Å². The van der Waals surface area contributed by atoms with Gasteiger partial charge in [-0.25, -0.2) is 0 Å². The highest BCUT2D eigenvalue weighted by molar-refractivity contribution is 7.99. The second kappa shape index (κ2) is 8.20. The number of benzene rings is 1. The lowest BCUT2D eigenvalue weighted by Gasteiger charge is -2.17. The Balaban J connectivity index is 2.53. The highest BCUT2D eigenvalue weighted by Crippen LogP contribution is 2.24. The van der Waals surface area contributed by atoms with Crippen molar-refractivity contribution in [2.45, 2.75) is 38.2 Å². The van der Waals surface area contributed by atoms with Crippen LogP contribution in [0.4, 0.5) is 0 Å². The Bertz CT molecular complexity index is 349. The summed E-state index contributed by atoms with van der Waals surface area (Å²) in [6.45, 7) is 6.58. The van der Waals surface area contributed by atoms with E-state index < -0.39 is 0 Å². The summed E-state index contributed by atoms with van der Waals surface area (Å²) in [5, 5.41) is -0.0508. The molecule has 0 spiro atoms. The number of rotatable bonds is 7. The molecule has 0 aliphatic carbocycles. The minimum absolute atomic E-state index is 0.0508.